The van der Waals surface area contributed by atoms with Gasteiger partial charge in [-0.25, -0.2) is 0 Å². The van der Waals surface area contributed by atoms with Crippen molar-refractivity contribution in [2.45, 2.75) is 235 Å². The smallest absolute Gasteiger partial charge is 0.259 e. The highest BCUT2D eigenvalue weighted by molar-refractivity contribution is 7.23. The molecule has 0 N–H and O–H groups in total. The number of hydrogen-bond acceptors (Lipinski definition) is 6. The number of carbonyl (C=O) groups is 2. The number of rotatable bonds is 39. The third kappa shape index (κ3) is 15.5. The number of nitrogens with zero attached hydrogens (tertiary/aromatic N) is 2. The van der Waals surface area contributed by atoms with E-state index in [1.807, 2.05) is 11.3 Å². The maximum Gasteiger partial charge on any atom is 0.259 e. The first-order valence-electron chi connectivity index (χ1n) is 34.5. The quantitative estimate of drug-likeness (QED) is 0.0360. The molecule has 7 aromatic rings. The standard InChI is InChI=1S/C78H104N2O4S2/c1-9-15-19-21-23-25-27-29-31-33-49-79-71-62-46-48-65-70(78(82)80(50-34-32-30-28-26-24-22-20-16-10-2)72(65)63(62)45-47-64(71)69(77(79)81)60-39-37-55(7)38-40-60)61-43-41-59(42-44-61)68-52-67-74(84-54-58(14-6)36-18-12-4)75-66(51-56(8)85-75)73(76(67)86-68)83-53-57(13-5)35-17-11-3/h37-48,51-52,57-58H,9-36,49-50,53-54H2,1-8H3. The molecule has 5 aromatic carbocycles. The molecular weight excluding hydrogens is 1090 g/mol. The second-order valence-electron chi connectivity index (χ2n) is 25.6. The van der Waals surface area contributed by atoms with Gasteiger partial charge in [-0.1, -0.05) is 274 Å². The fourth-order valence-electron chi connectivity index (χ4n) is 13.5. The largest absolute Gasteiger partial charge is 0.491 e. The van der Waals surface area contributed by atoms with Crippen molar-refractivity contribution < 1.29 is 19.1 Å². The third-order valence-corrected chi connectivity index (χ3v) is 21.1. The highest BCUT2D eigenvalue weighted by Crippen LogP contribution is 2.52. The van der Waals surface area contributed by atoms with Gasteiger partial charge in [0, 0.05) is 54.8 Å². The van der Waals surface area contributed by atoms with Crippen molar-refractivity contribution in [2.24, 2.45) is 11.8 Å². The first kappa shape index (κ1) is 65.0. The lowest BCUT2D eigenvalue weighted by Crippen LogP contribution is -2.30. The Hall–Kier alpha value is -5.44. The predicted molar refractivity (Wildman–Crippen MR) is 373 cm³/mol. The van der Waals surface area contributed by atoms with Crippen LogP contribution in [-0.2, 0) is 9.59 Å². The molecular formula is C78H104N2O4S2. The van der Waals surface area contributed by atoms with E-state index >= 15 is 4.79 Å². The molecule has 2 unspecified atom stereocenters. The summed E-state index contributed by atoms with van der Waals surface area (Å²) in [7, 11) is 0. The van der Waals surface area contributed by atoms with Gasteiger partial charge < -0.3 is 19.3 Å². The van der Waals surface area contributed by atoms with Gasteiger partial charge in [0.25, 0.3) is 11.8 Å². The molecule has 2 atom stereocenters. The topological polar surface area (TPSA) is 59.1 Å². The zero-order valence-electron chi connectivity index (χ0n) is 54.2. The molecule has 0 aliphatic carbocycles. The molecule has 462 valence electrons. The predicted octanol–water partition coefficient (Wildman–Crippen LogP) is 21.7. The van der Waals surface area contributed by atoms with Gasteiger partial charge in [0.15, 0.2) is 0 Å². The zero-order valence-corrected chi connectivity index (χ0v) is 55.8. The van der Waals surface area contributed by atoms with Crippen LogP contribution in [0.5, 0.6) is 11.5 Å². The van der Waals surface area contributed by atoms with E-state index < -0.39 is 0 Å². The number of unbranched alkanes of at least 4 members (excludes halogenated alkanes) is 20. The Morgan fingerprint density at radius 3 is 1.22 bits per heavy atom. The van der Waals surface area contributed by atoms with Crippen molar-refractivity contribution in [3.8, 4) is 21.9 Å². The van der Waals surface area contributed by atoms with Crippen LogP contribution in [-0.4, -0.2) is 38.1 Å². The summed E-state index contributed by atoms with van der Waals surface area (Å²) in [5.74, 6) is 3.14. The van der Waals surface area contributed by atoms with Gasteiger partial charge in [-0.2, -0.15) is 0 Å². The van der Waals surface area contributed by atoms with E-state index in [0.717, 1.165) is 125 Å². The molecule has 2 aliphatic heterocycles. The van der Waals surface area contributed by atoms with Gasteiger partial charge in [0.1, 0.15) is 11.5 Å². The lowest BCUT2D eigenvalue weighted by atomic mass is 9.98. The summed E-state index contributed by atoms with van der Waals surface area (Å²) in [6.45, 7) is 20.8. The molecule has 2 amide bonds. The Morgan fingerprint density at radius 2 is 0.791 bits per heavy atom. The van der Waals surface area contributed by atoms with E-state index in [0.29, 0.717) is 38.1 Å². The molecule has 0 radical (unpaired) electrons. The van der Waals surface area contributed by atoms with Gasteiger partial charge in [-0.15, -0.1) is 22.7 Å². The molecule has 2 aromatic heterocycles. The van der Waals surface area contributed by atoms with E-state index in [9.17, 15) is 4.79 Å². The summed E-state index contributed by atoms with van der Waals surface area (Å²) in [5.41, 5.74) is 7.70. The second kappa shape index (κ2) is 32.7. The highest BCUT2D eigenvalue weighted by atomic mass is 32.1. The van der Waals surface area contributed by atoms with Crippen LogP contribution in [0, 0.1) is 25.7 Å². The number of amides is 2. The van der Waals surface area contributed by atoms with Crippen molar-refractivity contribution in [3.63, 3.8) is 0 Å². The minimum absolute atomic E-state index is 0.0660. The minimum atomic E-state index is 0.0660. The number of benzene rings is 5. The average Bonchev–Trinajstić information content (AvgIpc) is 1.88. The normalized spacial score (nSPS) is 14.0. The van der Waals surface area contributed by atoms with Crippen LogP contribution in [0.3, 0.4) is 0 Å². The maximum absolute atomic E-state index is 15.5. The molecule has 0 spiro atoms. The van der Waals surface area contributed by atoms with Gasteiger partial charge >= 0.3 is 0 Å². The number of anilines is 2. The van der Waals surface area contributed by atoms with Crippen LogP contribution in [0.15, 0.2) is 84.9 Å². The second-order valence-corrected chi connectivity index (χ2v) is 27.9. The van der Waals surface area contributed by atoms with Crippen LogP contribution in [0.4, 0.5) is 11.4 Å². The molecule has 86 heavy (non-hydrogen) atoms. The van der Waals surface area contributed by atoms with Crippen LogP contribution >= 0.6 is 22.7 Å². The summed E-state index contributed by atoms with van der Waals surface area (Å²) < 4.78 is 16.4. The number of hydrogen-bond donors (Lipinski definition) is 0. The molecule has 4 heterocycles. The van der Waals surface area contributed by atoms with E-state index in [1.165, 1.54) is 162 Å². The zero-order chi connectivity index (χ0) is 60.4. The Balaban J connectivity index is 1.08. The molecule has 0 saturated carbocycles. The fraction of sp³-hybridized carbons (Fsp3) is 0.538. The van der Waals surface area contributed by atoms with Crippen LogP contribution < -0.4 is 29.7 Å². The lowest BCUT2D eigenvalue weighted by Gasteiger charge is -2.23. The van der Waals surface area contributed by atoms with E-state index in [1.54, 1.807) is 11.3 Å². The van der Waals surface area contributed by atoms with Crippen molar-refractivity contribution in [2.75, 3.05) is 36.1 Å². The van der Waals surface area contributed by atoms with E-state index in [-0.39, 0.29) is 11.8 Å². The molecule has 0 bridgehead atoms. The Morgan fingerprint density at radius 1 is 0.407 bits per heavy atom. The van der Waals surface area contributed by atoms with Crippen molar-refractivity contribution in [1.82, 2.24) is 0 Å². The Kier molecular flexibility index (Phi) is 24.7. The van der Waals surface area contributed by atoms with Gasteiger partial charge in [0.05, 0.1) is 45.1 Å². The summed E-state index contributed by atoms with van der Waals surface area (Å²) in [4.78, 5) is 37.0. The van der Waals surface area contributed by atoms with Crippen molar-refractivity contribution >= 4 is 88.0 Å². The summed E-state index contributed by atoms with van der Waals surface area (Å²) in [6.07, 6.45) is 34.2. The average molecular weight is 1200 g/mol. The number of thiophene rings is 2. The number of fused-ring (bicyclic) bond motifs is 7. The Bertz CT molecular complexity index is 3380. The van der Waals surface area contributed by atoms with Crippen LogP contribution in [0.2, 0.25) is 0 Å². The fourth-order valence-corrected chi connectivity index (χ4v) is 15.7. The van der Waals surface area contributed by atoms with Gasteiger partial charge in [-0.3, -0.25) is 9.59 Å². The van der Waals surface area contributed by atoms with E-state index in [4.69, 9.17) is 9.47 Å². The Labute approximate surface area is 525 Å². The SMILES string of the molecule is CCCCCCCCCCCCN1C(=O)C(c2ccc(C)cc2)=c2ccc3c4c(ccc3c21)=C(c1ccc(-c2cc3c(OCC(CC)CCCC)c5sc(C)cc5c(OCC(CC)CCCC)c3s2)cc1)C(=O)N4CCCCCCCCCCCC. The highest BCUT2D eigenvalue weighted by Gasteiger charge is 2.36. The van der Waals surface area contributed by atoms with Crippen LogP contribution in [0.25, 0.3) is 52.5 Å². The van der Waals surface area contributed by atoms with E-state index in [2.05, 4.69) is 150 Å². The van der Waals surface area contributed by atoms with Crippen molar-refractivity contribution in [1.29, 1.82) is 0 Å². The number of carbonyl (C=O) groups excluding carboxylic acids is 2. The monoisotopic (exact) mass is 1200 g/mol. The molecule has 0 saturated heterocycles. The third-order valence-electron chi connectivity index (χ3n) is 18.9. The van der Waals surface area contributed by atoms with Crippen LogP contribution in [0.1, 0.15) is 243 Å². The number of ether oxygens (including phenoxy) is 2. The van der Waals surface area contributed by atoms with Gasteiger partial charge in [0.2, 0.25) is 0 Å². The molecule has 0 fully saturated rings. The maximum atomic E-state index is 15.5. The first-order chi connectivity index (χ1) is 42.1. The molecule has 6 nitrogen and oxygen atoms in total. The lowest BCUT2D eigenvalue weighted by molar-refractivity contribution is -0.113. The minimum Gasteiger partial charge on any atom is -0.491 e. The summed E-state index contributed by atoms with van der Waals surface area (Å²) in [5, 5.41) is 6.36. The summed E-state index contributed by atoms with van der Waals surface area (Å²) >= 11 is 3.63. The van der Waals surface area contributed by atoms with Gasteiger partial charge in [-0.05, 0) is 80.2 Å². The molecule has 9 rings (SSSR count). The first-order valence-corrected chi connectivity index (χ1v) is 36.2. The molecule has 2 aliphatic rings. The number of aryl methyl sites for hydroxylation is 2. The molecule has 8 heteroatoms. The summed E-state index contributed by atoms with van der Waals surface area (Å²) in [6, 6.07) is 30.7. The van der Waals surface area contributed by atoms with Crippen molar-refractivity contribution in [3.05, 3.63) is 117 Å².